The van der Waals surface area contributed by atoms with Gasteiger partial charge >= 0.3 is 5.69 Å². The molecule has 1 atom stereocenters. The number of thiophene rings is 1. The largest absolute Gasteiger partial charge is 0.385 e. The van der Waals surface area contributed by atoms with E-state index in [0.717, 1.165) is 6.07 Å². The van der Waals surface area contributed by atoms with E-state index in [1.54, 1.807) is 6.92 Å². The first-order chi connectivity index (χ1) is 8.15. The van der Waals surface area contributed by atoms with Crippen molar-refractivity contribution in [2.75, 3.05) is 5.73 Å². The highest BCUT2D eigenvalue weighted by Crippen LogP contribution is 2.34. The van der Waals surface area contributed by atoms with Gasteiger partial charge < -0.3 is 5.73 Å². The number of hydrogen-bond acceptors (Lipinski definition) is 6. The maximum atomic E-state index is 12.0. The number of nitrogens with two attached hydrogens (primary N) is 1. The zero-order valence-electron chi connectivity index (χ0n) is 10.2. The van der Waals surface area contributed by atoms with Crippen LogP contribution in [0.4, 0.5) is 10.7 Å². The number of sulfonamides is 1. The average Bonchev–Trinajstić information content (AvgIpc) is 2.60. The molecule has 0 saturated carbocycles. The Morgan fingerprint density at radius 3 is 2.39 bits per heavy atom. The second kappa shape index (κ2) is 5.21. The Morgan fingerprint density at radius 2 is 2.00 bits per heavy atom. The summed E-state index contributed by atoms with van der Waals surface area (Å²) in [5, 5.41) is 10.5. The molecule has 7 nitrogen and oxygen atoms in total. The molecule has 0 fully saturated rings. The molecule has 0 aliphatic carbocycles. The summed E-state index contributed by atoms with van der Waals surface area (Å²) in [7, 11) is -3.76. The van der Waals surface area contributed by atoms with Gasteiger partial charge in [-0.2, -0.15) is 0 Å². The van der Waals surface area contributed by atoms with Gasteiger partial charge in [-0.3, -0.25) is 10.1 Å². The Bertz CT molecular complexity index is 550. The van der Waals surface area contributed by atoms with E-state index in [2.05, 4.69) is 4.72 Å². The predicted molar refractivity (Wildman–Crippen MR) is 70.0 cm³/mol. The van der Waals surface area contributed by atoms with Gasteiger partial charge in [-0.25, -0.2) is 13.1 Å². The van der Waals surface area contributed by atoms with E-state index >= 15 is 0 Å². The van der Waals surface area contributed by atoms with Gasteiger partial charge in [-0.15, -0.1) is 0 Å². The minimum Gasteiger partial charge on any atom is -0.385 e. The number of hydrogen-bond donors (Lipinski definition) is 2. The Kier molecular flexibility index (Phi) is 4.30. The highest BCUT2D eigenvalue weighted by molar-refractivity contribution is 7.91. The van der Waals surface area contributed by atoms with Crippen molar-refractivity contribution in [1.82, 2.24) is 4.72 Å². The third kappa shape index (κ3) is 3.18. The van der Waals surface area contributed by atoms with E-state index in [9.17, 15) is 18.5 Å². The zero-order valence-corrected chi connectivity index (χ0v) is 11.8. The van der Waals surface area contributed by atoms with Crippen LogP contribution in [0.5, 0.6) is 0 Å². The van der Waals surface area contributed by atoms with Gasteiger partial charge in [0.15, 0.2) is 5.00 Å². The molecule has 0 radical (unpaired) electrons. The molecular weight excluding hydrogens is 278 g/mol. The Labute approximate surface area is 109 Å². The average molecular weight is 293 g/mol. The van der Waals surface area contributed by atoms with Crippen LogP contribution in [-0.4, -0.2) is 19.4 Å². The molecule has 0 aromatic carbocycles. The van der Waals surface area contributed by atoms with Crippen LogP contribution in [0.25, 0.3) is 0 Å². The number of nitro groups is 1. The molecule has 9 heteroatoms. The monoisotopic (exact) mass is 293 g/mol. The van der Waals surface area contributed by atoms with Gasteiger partial charge in [-0.1, -0.05) is 25.2 Å². The molecule has 0 aliphatic heterocycles. The summed E-state index contributed by atoms with van der Waals surface area (Å²) in [4.78, 5) is 9.91. The predicted octanol–water partition coefficient (Wildman–Crippen LogP) is 1.56. The molecule has 0 aliphatic rings. The van der Waals surface area contributed by atoms with Crippen molar-refractivity contribution in [3.63, 3.8) is 0 Å². The minimum absolute atomic E-state index is 0.113. The molecule has 0 spiro atoms. The van der Waals surface area contributed by atoms with Crippen LogP contribution < -0.4 is 10.5 Å². The lowest BCUT2D eigenvalue weighted by Gasteiger charge is -2.16. The van der Waals surface area contributed by atoms with E-state index < -0.39 is 14.9 Å². The maximum Gasteiger partial charge on any atom is 0.304 e. The molecular formula is C9H15N3O4S2. The fourth-order valence-electron chi connectivity index (χ4n) is 1.09. The van der Waals surface area contributed by atoms with Crippen molar-refractivity contribution in [3.8, 4) is 0 Å². The van der Waals surface area contributed by atoms with Crippen molar-refractivity contribution in [2.24, 2.45) is 5.92 Å². The Balaban J connectivity index is 3.06. The van der Waals surface area contributed by atoms with Gasteiger partial charge in [0.2, 0.25) is 0 Å². The molecule has 18 heavy (non-hydrogen) atoms. The van der Waals surface area contributed by atoms with Gasteiger partial charge in [0, 0.05) is 12.1 Å². The lowest BCUT2D eigenvalue weighted by Crippen LogP contribution is -2.35. The summed E-state index contributed by atoms with van der Waals surface area (Å²) >= 11 is 0.689. The van der Waals surface area contributed by atoms with E-state index in [-0.39, 0.29) is 26.9 Å². The molecule has 1 aromatic rings. The maximum absolute atomic E-state index is 12.0. The molecule has 1 unspecified atom stereocenters. The second-order valence-corrected chi connectivity index (χ2v) is 7.25. The van der Waals surface area contributed by atoms with Crippen LogP contribution in [-0.2, 0) is 10.0 Å². The smallest absolute Gasteiger partial charge is 0.304 e. The van der Waals surface area contributed by atoms with Gasteiger partial charge in [0.05, 0.1) is 4.92 Å². The van der Waals surface area contributed by atoms with Crippen molar-refractivity contribution in [3.05, 3.63) is 16.2 Å². The van der Waals surface area contributed by atoms with Crippen LogP contribution in [0.15, 0.2) is 10.3 Å². The molecule has 102 valence electrons. The number of nitrogens with one attached hydrogen (secondary N) is 1. The molecule has 0 bridgehead atoms. The van der Waals surface area contributed by atoms with Gasteiger partial charge in [-0.05, 0) is 12.8 Å². The van der Waals surface area contributed by atoms with Crippen LogP contribution in [0, 0.1) is 16.0 Å². The fourth-order valence-corrected chi connectivity index (χ4v) is 3.71. The lowest BCUT2D eigenvalue weighted by molar-refractivity contribution is -0.383. The van der Waals surface area contributed by atoms with Gasteiger partial charge in [0.1, 0.15) is 4.21 Å². The molecule has 1 rings (SSSR count). The fraction of sp³-hybridized carbons (Fsp3) is 0.556. The summed E-state index contributed by atoms with van der Waals surface area (Å²) < 4.78 is 26.2. The standard InChI is InChI=1S/C9H15N3O4S2/c1-5(2)6(3)11-18(15,16)8-4-7(12(13)14)9(10)17-8/h4-6,11H,10H2,1-3H3. The van der Waals surface area contributed by atoms with Crippen molar-refractivity contribution >= 4 is 32.0 Å². The number of rotatable bonds is 5. The lowest BCUT2D eigenvalue weighted by atomic mass is 10.1. The highest BCUT2D eigenvalue weighted by atomic mass is 32.2. The SMILES string of the molecule is CC(C)C(C)NS(=O)(=O)c1cc([N+](=O)[O-])c(N)s1. The quantitative estimate of drug-likeness (QED) is 0.631. The summed E-state index contributed by atoms with van der Waals surface area (Å²) in [6.07, 6.45) is 0. The third-order valence-corrected chi connectivity index (χ3v) is 5.51. The van der Waals surface area contributed by atoms with Crippen molar-refractivity contribution < 1.29 is 13.3 Å². The number of nitrogens with zero attached hydrogens (tertiary/aromatic N) is 1. The second-order valence-electron chi connectivity index (χ2n) is 4.23. The van der Waals surface area contributed by atoms with Crippen LogP contribution >= 0.6 is 11.3 Å². The van der Waals surface area contributed by atoms with Gasteiger partial charge in [0.25, 0.3) is 10.0 Å². The molecule has 1 heterocycles. The first kappa shape index (κ1) is 14.9. The van der Waals surface area contributed by atoms with Crippen LogP contribution in [0.2, 0.25) is 0 Å². The zero-order chi connectivity index (χ0) is 14.1. The summed E-state index contributed by atoms with van der Waals surface area (Å²) in [5.74, 6) is 0.118. The van der Waals surface area contributed by atoms with Crippen LogP contribution in [0.1, 0.15) is 20.8 Å². The van der Waals surface area contributed by atoms with E-state index in [4.69, 9.17) is 5.73 Å². The van der Waals surface area contributed by atoms with Crippen molar-refractivity contribution in [2.45, 2.75) is 31.0 Å². The normalized spacial score (nSPS) is 13.8. The summed E-state index contributed by atoms with van der Waals surface area (Å²) in [6, 6.07) is 0.715. The first-order valence-corrected chi connectivity index (χ1v) is 7.51. The van der Waals surface area contributed by atoms with E-state index in [1.807, 2.05) is 13.8 Å². The summed E-state index contributed by atoms with van der Waals surface area (Å²) in [5.41, 5.74) is 5.04. The molecule has 3 N–H and O–H groups in total. The first-order valence-electron chi connectivity index (χ1n) is 5.21. The Hall–Kier alpha value is -1.19. The molecule has 0 amide bonds. The van der Waals surface area contributed by atoms with E-state index in [1.165, 1.54) is 0 Å². The third-order valence-electron chi connectivity index (χ3n) is 2.52. The van der Waals surface area contributed by atoms with Crippen molar-refractivity contribution in [1.29, 1.82) is 0 Å². The Morgan fingerprint density at radius 1 is 1.44 bits per heavy atom. The molecule has 0 saturated heterocycles. The van der Waals surface area contributed by atoms with Crippen LogP contribution in [0.3, 0.4) is 0 Å². The number of nitrogen functional groups attached to an aromatic ring is 1. The van der Waals surface area contributed by atoms with E-state index in [0.29, 0.717) is 11.3 Å². The minimum atomic E-state index is -3.76. The summed E-state index contributed by atoms with van der Waals surface area (Å²) in [6.45, 7) is 5.48. The molecule has 1 aromatic heterocycles. The topological polar surface area (TPSA) is 115 Å². The highest BCUT2D eigenvalue weighted by Gasteiger charge is 2.26. The number of anilines is 1.